The largest absolute Gasteiger partial charge is 0.484 e. The van der Waals surface area contributed by atoms with Crippen LogP contribution in [0.15, 0.2) is 47.6 Å². The van der Waals surface area contributed by atoms with Crippen molar-refractivity contribution in [3.8, 4) is 5.75 Å². The van der Waals surface area contributed by atoms with Gasteiger partial charge >= 0.3 is 11.8 Å². The number of carbonyl (C=O) groups is 3. The Morgan fingerprint density at radius 3 is 2.64 bits per heavy atom. The summed E-state index contributed by atoms with van der Waals surface area (Å²) in [4.78, 5) is 35.9. The molecule has 0 spiro atoms. The zero-order valence-corrected chi connectivity index (χ0v) is 18.7. The van der Waals surface area contributed by atoms with Gasteiger partial charge in [0.1, 0.15) is 5.75 Å². The maximum absolute atomic E-state index is 12.1. The monoisotopic (exact) mass is 452 g/mol. The fourth-order valence-corrected chi connectivity index (χ4v) is 3.15. The summed E-state index contributed by atoms with van der Waals surface area (Å²) in [5, 5.41) is 9.17. The number of hydrogen-bond donors (Lipinski definition) is 3. The average molecular weight is 453 g/mol. The van der Waals surface area contributed by atoms with Crippen LogP contribution in [0.5, 0.6) is 5.75 Å². The molecule has 1 aliphatic heterocycles. The third kappa shape index (κ3) is 7.73. The number of carbonyl (C=O) groups excluding carboxylic acids is 3. The molecule has 2 aromatic rings. The van der Waals surface area contributed by atoms with Crippen LogP contribution >= 0.6 is 0 Å². The number of hydrogen-bond acceptors (Lipinski definition) is 6. The first-order valence-corrected chi connectivity index (χ1v) is 10.7. The molecule has 1 heterocycles. The molecular weight excluding hydrogens is 424 g/mol. The van der Waals surface area contributed by atoms with Gasteiger partial charge in [-0.3, -0.25) is 14.4 Å². The molecule has 0 aromatic heterocycles. The van der Waals surface area contributed by atoms with Crippen molar-refractivity contribution in [3.63, 3.8) is 0 Å². The number of rotatable bonds is 8. The van der Waals surface area contributed by atoms with E-state index in [0.29, 0.717) is 23.5 Å². The quantitative estimate of drug-likeness (QED) is 0.322. The van der Waals surface area contributed by atoms with Crippen LogP contribution in [0.1, 0.15) is 29.5 Å². The minimum Gasteiger partial charge on any atom is -0.484 e. The molecule has 0 saturated carbocycles. The summed E-state index contributed by atoms with van der Waals surface area (Å²) in [6.45, 7) is 4.89. The second-order valence-corrected chi connectivity index (χ2v) is 7.77. The van der Waals surface area contributed by atoms with E-state index in [0.717, 1.165) is 30.6 Å². The number of nitrogens with one attached hydrogen (secondary N) is 3. The van der Waals surface area contributed by atoms with Gasteiger partial charge in [0.05, 0.1) is 12.3 Å². The Labute approximate surface area is 192 Å². The number of amides is 3. The summed E-state index contributed by atoms with van der Waals surface area (Å²) in [6.07, 6.45) is 3.48. The minimum atomic E-state index is -0.874. The lowest BCUT2D eigenvalue weighted by atomic mass is 10.1. The minimum absolute atomic E-state index is 0.0886. The fraction of sp³-hybridized carbons (Fsp3) is 0.333. The van der Waals surface area contributed by atoms with Crippen molar-refractivity contribution in [2.45, 2.75) is 32.8 Å². The third-order valence-electron chi connectivity index (χ3n) is 5.03. The number of nitrogens with zero attached hydrogens (tertiary/aromatic N) is 1. The lowest BCUT2D eigenvalue weighted by molar-refractivity contribution is -0.136. The first-order chi connectivity index (χ1) is 15.9. The van der Waals surface area contributed by atoms with E-state index >= 15 is 0 Å². The van der Waals surface area contributed by atoms with E-state index in [9.17, 15) is 14.4 Å². The van der Waals surface area contributed by atoms with E-state index in [2.05, 4.69) is 21.2 Å². The Bertz CT molecular complexity index is 1010. The van der Waals surface area contributed by atoms with Crippen molar-refractivity contribution in [2.24, 2.45) is 5.10 Å². The number of hydrazone groups is 1. The summed E-state index contributed by atoms with van der Waals surface area (Å²) >= 11 is 0. The van der Waals surface area contributed by atoms with Gasteiger partial charge in [0.15, 0.2) is 6.61 Å². The van der Waals surface area contributed by atoms with Crippen LogP contribution in [0.25, 0.3) is 0 Å². The van der Waals surface area contributed by atoms with Gasteiger partial charge in [-0.25, -0.2) is 5.43 Å². The second kappa shape index (κ2) is 11.8. The number of benzene rings is 2. The first-order valence-electron chi connectivity index (χ1n) is 10.7. The molecule has 33 heavy (non-hydrogen) atoms. The van der Waals surface area contributed by atoms with Crippen LogP contribution in [0.3, 0.4) is 0 Å². The molecule has 9 heteroatoms. The van der Waals surface area contributed by atoms with Gasteiger partial charge in [-0.2, -0.15) is 5.10 Å². The van der Waals surface area contributed by atoms with Crippen LogP contribution in [0.4, 0.5) is 5.69 Å². The van der Waals surface area contributed by atoms with Crippen molar-refractivity contribution in [2.75, 3.05) is 25.1 Å². The van der Waals surface area contributed by atoms with E-state index in [4.69, 9.17) is 9.47 Å². The van der Waals surface area contributed by atoms with Crippen LogP contribution < -0.4 is 20.8 Å². The number of ether oxygens (including phenoxy) is 2. The molecule has 3 rings (SSSR count). The van der Waals surface area contributed by atoms with Crippen LogP contribution in [-0.2, 0) is 19.1 Å². The molecule has 1 saturated heterocycles. The molecule has 0 aliphatic carbocycles. The van der Waals surface area contributed by atoms with Crippen molar-refractivity contribution in [1.82, 2.24) is 10.7 Å². The normalized spacial score (nSPS) is 15.3. The van der Waals surface area contributed by atoms with E-state index in [1.165, 1.54) is 6.21 Å². The van der Waals surface area contributed by atoms with Crippen molar-refractivity contribution in [1.29, 1.82) is 0 Å². The molecule has 0 bridgehead atoms. The highest BCUT2D eigenvalue weighted by Gasteiger charge is 2.16. The second-order valence-electron chi connectivity index (χ2n) is 7.77. The Morgan fingerprint density at radius 2 is 1.91 bits per heavy atom. The van der Waals surface area contributed by atoms with Crippen molar-refractivity contribution in [3.05, 3.63) is 59.2 Å². The maximum atomic E-state index is 12.1. The predicted molar refractivity (Wildman–Crippen MR) is 124 cm³/mol. The molecule has 174 valence electrons. The zero-order chi connectivity index (χ0) is 23.6. The van der Waals surface area contributed by atoms with Gasteiger partial charge < -0.3 is 20.1 Å². The van der Waals surface area contributed by atoms with E-state index < -0.39 is 11.8 Å². The Balaban J connectivity index is 1.40. The summed E-state index contributed by atoms with van der Waals surface area (Å²) in [5.41, 5.74) is 5.29. The van der Waals surface area contributed by atoms with E-state index in [1.54, 1.807) is 30.3 Å². The van der Waals surface area contributed by atoms with Gasteiger partial charge in [-0.1, -0.05) is 12.1 Å². The predicted octanol–water partition coefficient (Wildman–Crippen LogP) is 2.07. The van der Waals surface area contributed by atoms with Gasteiger partial charge in [-0.15, -0.1) is 0 Å². The van der Waals surface area contributed by atoms with Gasteiger partial charge in [0.2, 0.25) is 0 Å². The molecule has 1 atom stereocenters. The SMILES string of the molecule is Cc1ccc(C)c(NC(=O)C(=O)N/N=C\c2ccc(OCC(=O)NC[C@H]3CCCO3)cc2)c1. The van der Waals surface area contributed by atoms with Gasteiger partial charge in [0.25, 0.3) is 5.91 Å². The maximum Gasteiger partial charge on any atom is 0.329 e. The molecule has 1 fully saturated rings. The zero-order valence-electron chi connectivity index (χ0n) is 18.7. The summed E-state index contributed by atoms with van der Waals surface area (Å²) in [6, 6.07) is 12.4. The van der Waals surface area contributed by atoms with Gasteiger partial charge in [0, 0.05) is 18.8 Å². The first kappa shape index (κ1) is 23.9. The average Bonchev–Trinajstić information content (AvgIpc) is 3.33. The molecule has 3 N–H and O–H groups in total. The molecule has 0 radical (unpaired) electrons. The number of anilines is 1. The van der Waals surface area contributed by atoms with Crippen LogP contribution in [-0.4, -0.2) is 49.8 Å². The standard InChI is InChI=1S/C24H28N4O5/c1-16-5-6-17(2)21(12-16)27-23(30)24(31)28-26-13-18-7-9-19(10-8-18)33-15-22(29)25-14-20-4-3-11-32-20/h5-10,12-13,20H,3-4,11,14-15H2,1-2H3,(H,25,29)(H,27,30)(H,28,31)/b26-13-/t20-/m1/s1. The van der Waals surface area contributed by atoms with Crippen molar-refractivity contribution >= 4 is 29.6 Å². The third-order valence-corrected chi connectivity index (χ3v) is 5.03. The Hall–Kier alpha value is -3.72. The Morgan fingerprint density at radius 1 is 1.12 bits per heavy atom. The summed E-state index contributed by atoms with van der Waals surface area (Å²) in [7, 11) is 0. The van der Waals surface area contributed by atoms with Crippen molar-refractivity contribution < 1.29 is 23.9 Å². The molecule has 2 aromatic carbocycles. The smallest absolute Gasteiger partial charge is 0.329 e. The molecule has 9 nitrogen and oxygen atoms in total. The Kier molecular flexibility index (Phi) is 8.54. The van der Waals surface area contributed by atoms with E-state index in [-0.39, 0.29) is 18.6 Å². The highest BCUT2D eigenvalue weighted by molar-refractivity contribution is 6.39. The summed E-state index contributed by atoms with van der Waals surface area (Å²) < 4.78 is 10.9. The number of aryl methyl sites for hydroxylation is 2. The molecular formula is C24H28N4O5. The topological polar surface area (TPSA) is 118 Å². The molecule has 3 amide bonds. The van der Waals surface area contributed by atoms with Gasteiger partial charge in [-0.05, 0) is 73.7 Å². The molecule has 0 unspecified atom stereocenters. The fourth-order valence-electron chi connectivity index (χ4n) is 3.15. The van der Waals surface area contributed by atoms with Crippen LogP contribution in [0.2, 0.25) is 0 Å². The lowest BCUT2D eigenvalue weighted by Gasteiger charge is -2.11. The van der Waals surface area contributed by atoms with Crippen LogP contribution in [0, 0.1) is 13.8 Å². The van der Waals surface area contributed by atoms with E-state index in [1.807, 2.05) is 26.0 Å². The highest BCUT2D eigenvalue weighted by atomic mass is 16.5. The highest BCUT2D eigenvalue weighted by Crippen LogP contribution is 2.16. The lowest BCUT2D eigenvalue weighted by Crippen LogP contribution is -2.35. The molecule has 1 aliphatic rings. The summed E-state index contributed by atoms with van der Waals surface area (Å²) in [5.74, 6) is -1.36.